The van der Waals surface area contributed by atoms with Gasteiger partial charge in [-0.15, -0.1) is 0 Å². The van der Waals surface area contributed by atoms with Crippen LogP contribution in [0.4, 0.5) is 5.69 Å². The van der Waals surface area contributed by atoms with Crippen LogP contribution < -0.4 is 15.2 Å². The maximum Gasteiger partial charge on any atom is 0.282 e. The number of phenols is 1. The number of nitrogens with zero attached hydrogens (tertiary/aromatic N) is 1. The number of aromatic hydroxyl groups is 1. The van der Waals surface area contributed by atoms with Crippen molar-refractivity contribution >= 4 is 35.2 Å². The molecular weight excluding hydrogens is 344 g/mol. The smallest absolute Gasteiger partial charge is 0.282 e. The molecule has 0 unspecified atom stereocenters. The Morgan fingerprint density at radius 3 is 2.76 bits per heavy atom. The Hall–Kier alpha value is -2.99. The van der Waals surface area contributed by atoms with Crippen LogP contribution in [0.1, 0.15) is 12.5 Å². The number of rotatable bonds is 4. The number of halogens is 1. The zero-order chi connectivity index (χ0) is 18.0. The van der Waals surface area contributed by atoms with E-state index in [9.17, 15) is 14.7 Å². The van der Waals surface area contributed by atoms with E-state index in [2.05, 4.69) is 5.43 Å². The van der Waals surface area contributed by atoms with Crippen molar-refractivity contribution in [2.75, 3.05) is 11.6 Å². The lowest BCUT2D eigenvalue weighted by atomic mass is 10.1. The summed E-state index contributed by atoms with van der Waals surface area (Å²) >= 11 is 5.93. The fraction of sp³-hybridized carbons (Fsp3) is 0.111. The van der Waals surface area contributed by atoms with Gasteiger partial charge in [-0.3, -0.25) is 15.0 Å². The molecule has 1 saturated heterocycles. The summed E-state index contributed by atoms with van der Waals surface area (Å²) in [5.74, 6) is -0.726. The zero-order valence-electron chi connectivity index (χ0n) is 13.3. The van der Waals surface area contributed by atoms with Crippen molar-refractivity contribution in [1.29, 1.82) is 0 Å². The minimum atomic E-state index is -0.518. The third-order valence-corrected chi connectivity index (χ3v) is 3.79. The zero-order valence-corrected chi connectivity index (χ0v) is 14.1. The van der Waals surface area contributed by atoms with Gasteiger partial charge < -0.3 is 9.84 Å². The van der Waals surface area contributed by atoms with Crippen LogP contribution in [0.2, 0.25) is 5.02 Å². The van der Waals surface area contributed by atoms with E-state index in [0.717, 1.165) is 5.01 Å². The van der Waals surface area contributed by atoms with Crippen molar-refractivity contribution in [1.82, 2.24) is 5.43 Å². The molecular formula is C18H15ClN2O4. The van der Waals surface area contributed by atoms with Gasteiger partial charge in [-0.05, 0) is 48.9 Å². The van der Waals surface area contributed by atoms with E-state index in [-0.39, 0.29) is 17.1 Å². The number of phenolic OH excluding ortho intramolecular Hbond substituents is 1. The first-order valence-electron chi connectivity index (χ1n) is 7.58. The summed E-state index contributed by atoms with van der Waals surface area (Å²) in [4.78, 5) is 24.7. The fourth-order valence-corrected chi connectivity index (χ4v) is 2.60. The van der Waals surface area contributed by atoms with Gasteiger partial charge in [0.2, 0.25) is 0 Å². The summed E-state index contributed by atoms with van der Waals surface area (Å²) in [5.41, 5.74) is 3.52. The third kappa shape index (κ3) is 3.44. The first-order valence-corrected chi connectivity index (χ1v) is 7.96. The van der Waals surface area contributed by atoms with Crippen LogP contribution >= 0.6 is 11.6 Å². The van der Waals surface area contributed by atoms with Crippen molar-refractivity contribution in [3.8, 4) is 11.5 Å². The second kappa shape index (κ2) is 6.86. The molecule has 0 aliphatic carbocycles. The monoisotopic (exact) mass is 358 g/mol. The third-order valence-electron chi connectivity index (χ3n) is 3.55. The summed E-state index contributed by atoms with van der Waals surface area (Å²) < 4.78 is 5.31. The van der Waals surface area contributed by atoms with E-state index in [4.69, 9.17) is 16.3 Å². The van der Waals surface area contributed by atoms with Crippen molar-refractivity contribution in [2.24, 2.45) is 0 Å². The maximum atomic E-state index is 12.6. The van der Waals surface area contributed by atoms with Crippen molar-refractivity contribution < 1.29 is 19.4 Å². The summed E-state index contributed by atoms with van der Waals surface area (Å²) in [6.45, 7) is 2.18. The number of carbonyl (C=O) groups is 2. The summed E-state index contributed by atoms with van der Waals surface area (Å²) in [6, 6.07) is 11.2. The lowest BCUT2D eigenvalue weighted by Crippen LogP contribution is -2.35. The molecule has 0 atom stereocenters. The number of carbonyl (C=O) groups excluding carboxylic acids is 2. The molecule has 0 spiro atoms. The topological polar surface area (TPSA) is 78.9 Å². The molecule has 0 bridgehead atoms. The van der Waals surface area contributed by atoms with E-state index in [1.54, 1.807) is 43.3 Å². The standard InChI is InChI=1S/C18H15ClN2O4/c1-2-25-16-9-11(6-7-15(16)22)8-14-17(23)20-21(18(14)24)13-5-3-4-12(19)10-13/h3-10,22H,2H2,1H3,(H,20,23)/b14-8+. The molecule has 2 N–H and O–H groups in total. The van der Waals surface area contributed by atoms with Gasteiger partial charge in [-0.1, -0.05) is 23.7 Å². The van der Waals surface area contributed by atoms with Gasteiger partial charge in [-0.2, -0.15) is 0 Å². The number of hydrogen-bond acceptors (Lipinski definition) is 4. The first kappa shape index (κ1) is 16.9. The molecule has 6 nitrogen and oxygen atoms in total. The SMILES string of the molecule is CCOc1cc(/C=C2\C(=O)NN(c3cccc(Cl)c3)C2=O)ccc1O. The minimum Gasteiger partial charge on any atom is -0.504 e. The Balaban J connectivity index is 1.92. The van der Waals surface area contributed by atoms with Gasteiger partial charge in [0.15, 0.2) is 11.5 Å². The molecule has 1 aliphatic rings. The van der Waals surface area contributed by atoms with Crippen molar-refractivity contribution in [2.45, 2.75) is 6.92 Å². The van der Waals surface area contributed by atoms with E-state index in [0.29, 0.717) is 22.9 Å². The van der Waals surface area contributed by atoms with Gasteiger partial charge in [0.05, 0.1) is 12.3 Å². The number of nitrogens with one attached hydrogen (secondary N) is 1. The van der Waals surface area contributed by atoms with Gasteiger partial charge in [-0.25, -0.2) is 5.01 Å². The van der Waals surface area contributed by atoms with Crippen LogP contribution in [0.5, 0.6) is 11.5 Å². The number of benzene rings is 2. The second-order valence-corrected chi connectivity index (χ2v) is 5.72. The highest BCUT2D eigenvalue weighted by Crippen LogP contribution is 2.29. The Kier molecular flexibility index (Phi) is 4.63. The molecule has 2 amide bonds. The molecule has 1 aliphatic heterocycles. The number of amides is 2. The average molecular weight is 359 g/mol. The highest BCUT2D eigenvalue weighted by Gasteiger charge is 2.34. The molecule has 0 saturated carbocycles. The number of ether oxygens (including phenoxy) is 1. The van der Waals surface area contributed by atoms with E-state index in [1.165, 1.54) is 12.1 Å². The van der Waals surface area contributed by atoms with E-state index >= 15 is 0 Å². The minimum absolute atomic E-state index is 0.00764. The fourth-order valence-electron chi connectivity index (χ4n) is 2.41. The number of hydrogen-bond donors (Lipinski definition) is 2. The molecule has 128 valence electrons. The molecule has 1 fully saturated rings. The van der Waals surface area contributed by atoms with Crippen LogP contribution in [0.15, 0.2) is 48.0 Å². The van der Waals surface area contributed by atoms with Crippen LogP contribution in [-0.4, -0.2) is 23.5 Å². The molecule has 3 rings (SSSR count). The molecule has 2 aromatic carbocycles. The Labute approximate surface area is 149 Å². The van der Waals surface area contributed by atoms with Gasteiger partial charge in [0.1, 0.15) is 5.57 Å². The normalized spacial score (nSPS) is 15.6. The second-order valence-electron chi connectivity index (χ2n) is 5.28. The predicted octanol–water partition coefficient (Wildman–Crippen LogP) is 2.91. The van der Waals surface area contributed by atoms with Gasteiger partial charge >= 0.3 is 0 Å². The Morgan fingerprint density at radius 2 is 2.04 bits per heavy atom. The highest BCUT2D eigenvalue weighted by molar-refractivity contribution is 6.33. The molecule has 7 heteroatoms. The molecule has 0 radical (unpaired) electrons. The van der Waals surface area contributed by atoms with Crippen LogP contribution in [0.3, 0.4) is 0 Å². The van der Waals surface area contributed by atoms with E-state index in [1.807, 2.05) is 0 Å². The molecule has 0 aromatic heterocycles. The summed E-state index contributed by atoms with van der Waals surface area (Å²) in [6.07, 6.45) is 1.45. The molecule has 25 heavy (non-hydrogen) atoms. The van der Waals surface area contributed by atoms with E-state index < -0.39 is 11.8 Å². The number of anilines is 1. The number of hydrazine groups is 1. The summed E-state index contributed by atoms with van der Waals surface area (Å²) in [5, 5.41) is 11.3. The first-order chi connectivity index (χ1) is 12.0. The van der Waals surface area contributed by atoms with Crippen LogP contribution in [0.25, 0.3) is 6.08 Å². The largest absolute Gasteiger partial charge is 0.504 e. The van der Waals surface area contributed by atoms with Gasteiger partial charge in [0.25, 0.3) is 11.8 Å². The van der Waals surface area contributed by atoms with Crippen molar-refractivity contribution in [3.05, 3.63) is 58.6 Å². The maximum absolute atomic E-state index is 12.6. The average Bonchev–Trinajstić information content (AvgIpc) is 2.86. The van der Waals surface area contributed by atoms with Crippen LogP contribution in [-0.2, 0) is 9.59 Å². The lowest BCUT2D eigenvalue weighted by molar-refractivity contribution is -0.117. The highest BCUT2D eigenvalue weighted by atomic mass is 35.5. The van der Waals surface area contributed by atoms with Crippen molar-refractivity contribution in [3.63, 3.8) is 0 Å². The Bertz CT molecular complexity index is 879. The van der Waals surface area contributed by atoms with Gasteiger partial charge in [0, 0.05) is 5.02 Å². The predicted molar refractivity (Wildman–Crippen MR) is 94.3 cm³/mol. The summed E-state index contributed by atoms with van der Waals surface area (Å²) in [7, 11) is 0. The lowest BCUT2D eigenvalue weighted by Gasteiger charge is -2.14. The molecule has 1 heterocycles. The molecule has 2 aromatic rings. The quantitative estimate of drug-likeness (QED) is 0.650. The van der Waals surface area contributed by atoms with Crippen LogP contribution in [0, 0.1) is 0 Å². The Morgan fingerprint density at radius 1 is 1.24 bits per heavy atom.